The normalized spacial score (nSPS) is 11.7. The van der Waals surface area contributed by atoms with Crippen molar-refractivity contribution in [3.8, 4) is 0 Å². The first-order chi connectivity index (χ1) is 26.9. The quantitative estimate of drug-likeness (QED) is 0.0336. The summed E-state index contributed by atoms with van der Waals surface area (Å²) in [5.74, 6) is -71.4. The lowest BCUT2D eigenvalue weighted by Crippen LogP contribution is -2.81. The Labute approximate surface area is 313 Å². The Morgan fingerprint density at radius 1 is 0.259 bits per heavy atom. The molecule has 4 rings (SSSR count). The fourth-order valence-electron chi connectivity index (χ4n) is 6.42. The third-order valence-corrected chi connectivity index (χ3v) is 8.77. The highest BCUT2D eigenvalue weighted by Crippen LogP contribution is 2.30. The molecular formula is C36H20BF20N. The lowest BCUT2D eigenvalue weighted by atomic mass is 9.12. The number of quaternary nitrogens is 1. The number of benzene rings is 4. The first-order valence-corrected chi connectivity index (χ1v) is 15.5. The van der Waals surface area contributed by atoms with Crippen LogP contribution in [0.3, 0.4) is 0 Å². The summed E-state index contributed by atoms with van der Waals surface area (Å²) in [5.41, 5.74) is -14.3. The molecule has 0 N–H and O–H groups in total. The van der Waals surface area contributed by atoms with E-state index in [-0.39, 0.29) is 0 Å². The van der Waals surface area contributed by atoms with Crippen molar-refractivity contribution in [3.63, 3.8) is 0 Å². The first kappa shape index (κ1) is 46.8. The van der Waals surface area contributed by atoms with Crippen molar-refractivity contribution in [2.45, 2.75) is 0 Å². The Hall–Kier alpha value is -5.54. The molecule has 0 bridgehead atoms. The van der Waals surface area contributed by atoms with Crippen molar-refractivity contribution in [2.75, 3.05) is 26.2 Å². The molecule has 4 aromatic rings. The summed E-state index contributed by atoms with van der Waals surface area (Å²) in [7, 11) is 0. The second-order valence-electron chi connectivity index (χ2n) is 12.0. The molecule has 4 aromatic carbocycles. The Balaban J connectivity index is 0.000000594. The minimum absolute atomic E-state index is 0.903. The third-order valence-electron chi connectivity index (χ3n) is 8.77. The molecule has 0 spiro atoms. The van der Waals surface area contributed by atoms with Gasteiger partial charge in [0, 0.05) is 0 Å². The molecule has 0 aliphatic rings. The lowest BCUT2D eigenvalue weighted by molar-refractivity contribution is -0.906. The van der Waals surface area contributed by atoms with E-state index in [2.05, 4.69) is 26.3 Å². The van der Waals surface area contributed by atoms with Gasteiger partial charge in [0.2, 0.25) is 0 Å². The van der Waals surface area contributed by atoms with Crippen LogP contribution >= 0.6 is 0 Å². The molecule has 0 amide bonds. The maximum Gasteiger partial charge on any atom is 0.200 e. The molecule has 0 heterocycles. The van der Waals surface area contributed by atoms with Gasteiger partial charge in [-0.3, -0.25) is 0 Å². The summed E-state index contributed by atoms with van der Waals surface area (Å²) in [6, 6.07) is 0. The van der Waals surface area contributed by atoms with Crippen LogP contribution in [0.4, 0.5) is 87.8 Å². The minimum atomic E-state index is -7.22. The second-order valence-corrected chi connectivity index (χ2v) is 12.0. The molecule has 0 unspecified atom stereocenters. The summed E-state index contributed by atoms with van der Waals surface area (Å²) in [4.78, 5) is 0. The first-order valence-electron chi connectivity index (χ1n) is 15.5. The number of rotatable bonds is 12. The Morgan fingerprint density at radius 3 is 0.500 bits per heavy atom. The van der Waals surface area contributed by atoms with E-state index in [1.54, 1.807) is 0 Å². The molecule has 0 fully saturated rings. The van der Waals surface area contributed by atoms with E-state index in [1.165, 1.54) is 0 Å². The minimum Gasteiger partial charge on any atom is -0.311 e. The van der Waals surface area contributed by atoms with Gasteiger partial charge >= 0.3 is 0 Å². The number of hydrogen-bond acceptors (Lipinski definition) is 0. The van der Waals surface area contributed by atoms with Crippen LogP contribution in [0.5, 0.6) is 0 Å². The van der Waals surface area contributed by atoms with Crippen LogP contribution in [-0.4, -0.2) is 36.8 Å². The van der Waals surface area contributed by atoms with Crippen LogP contribution in [0.15, 0.2) is 50.6 Å². The standard InChI is InChI=1S/C24BF20.C12H20N/c26-5-1(6(27)14(35)21(42)13(5)34)25(2-7(28)15(36)22(43)16(37)8(2)29,3-9(30)17(38)23(44)18(39)10(3)31)4-11(32)19(40)24(45)20(41)12(4)33;1-5-9-13(10-6-2,11-7-3)12-8-4/h;5-8H,1-4,9-12H2/q-1;+1. The van der Waals surface area contributed by atoms with Gasteiger partial charge in [0.15, 0.2) is 69.8 Å². The van der Waals surface area contributed by atoms with Crippen LogP contribution in [0.1, 0.15) is 0 Å². The van der Waals surface area contributed by atoms with Crippen molar-refractivity contribution >= 4 is 28.0 Å². The molecule has 1 nitrogen and oxygen atoms in total. The number of hydrogen-bond donors (Lipinski definition) is 0. The molecule has 312 valence electrons. The summed E-state index contributed by atoms with van der Waals surface area (Å²) in [6.45, 7) is 18.8. The molecule has 0 radical (unpaired) electrons. The van der Waals surface area contributed by atoms with Crippen LogP contribution in [0, 0.1) is 116 Å². The Bertz CT molecular complexity index is 1910. The topological polar surface area (TPSA) is 0 Å². The SMILES string of the molecule is C=CC[N+](CC=C)(CC=C)CC=C.Fc1c(F)c(F)c([B-](c2c(F)c(F)c(F)c(F)c2F)(c2c(F)c(F)c(F)c(F)c2F)c2c(F)c(F)c(F)c(F)c2F)c(F)c1F. The summed E-state index contributed by atoms with van der Waals surface area (Å²) < 4.78 is 295. The molecule has 0 saturated heterocycles. The average molecular weight is 857 g/mol. The highest BCUT2D eigenvalue weighted by atomic mass is 19.2. The predicted octanol–water partition coefficient (Wildman–Crippen LogP) is 8.39. The molecule has 58 heavy (non-hydrogen) atoms. The van der Waals surface area contributed by atoms with Crippen molar-refractivity contribution in [2.24, 2.45) is 0 Å². The molecule has 0 aromatic heterocycles. The van der Waals surface area contributed by atoms with Crippen molar-refractivity contribution in [1.82, 2.24) is 0 Å². The van der Waals surface area contributed by atoms with Gasteiger partial charge in [-0.15, -0.1) is 21.9 Å². The van der Waals surface area contributed by atoms with E-state index in [4.69, 9.17) is 0 Å². The van der Waals surface area contributed by atoms with E-state index in [1.807, 2.05) is 24.3 Å². The van der Waals surface area contributed by atoms with Gasteiger partial charge < -0.3 is 4.48 Å². The lowest BCUT2D eigenvalue weighted by Gasteiger charge is -2.44. The summed E-state index contributed by atoms with van der Waals surface area (Å²) in [6.07, 6.45) is 0.547. The van der Waals surface area contributed by atoms with E-state index in [9.17, 15) is 52.7 Å². The van der Waals surface area contributed by atoms with E-state index in [0.29, 0.717) is 0 Å². The van der Waals surface area contributed by atoms with Gasteiger partial charge in [0.05, 0.1) is 26.2 Å². The van der Waals surface area contributed by atoms with Crippen LogP contribution in [0.25, 0.3) is 0 Å². The zero-order valence-corrected chi connectivity index (χ0v) is 28.6. The largest absolute Gasteiger partial charge is 0.311 e. The van der Waals surface area contributed by atoms with Gasteiger partial charge in [0.1, 0.15) is 52.7 Å². The maximum absolute atomic E-state index is 15.4. The zero-order valence-electron chi connectivity index (χ0n) is 28.6. The molecule has 22 heteroatoms. The molecular weight excluding hydrogens is 837 g/mol. The van der Waals surface area contributed by atoms with Crippen molar-refractivity contribution in [1.29, 1.82) is 0 Å². The van der Waals surface area contributed by atoms with Gasteiger partial charge in [-0.05, 0) is 24.3 Å². The molecule has 0 atom stereocenters. The highest BCUT2D eigenvalue weighted by Gasteiger charge is 2.52. The second kappa shape index (κ2) is 17.5. The van der Waals surface area contributed by atoms with Crippen LogP contribution in [-0.2, 0) is 0 Å². The molecule has 0 saturated carbocycles. The Kier molecular flexibility index (Phi) is 14.2. The highest BCUT2D eigenvalue weighted by molar-refractivity contribution is 7.20. The van der Waals surface area contributed by atoms with E-state index >= 15 is 35.1 Å². The van der Waals surface area contributed by atoms with Gasteiger partial charge in [-0.25, -0.2) is 87.8 Å². The summed E-state index contributed by atoms with van der Waals surface area (Å²) in [5, 5.41) is 0. The Morgan fingerprint density at radius 2 is 0.379 bits per heavy atom. The van der Waals surface area contributed by atoms with E-state index in [0.717, 1.165) is 30.7 Å². The average Bonchev–Trinajstić information content (AvgIpc) is 3.18. The van der Waals surface area contributed by atoms with E-state index < -0.39 is 144 Å². The number of halogens is 20. The maximum atomic E-state index is 15.4. The molecule has 0 aliphatic heterocycles. The van der Waals surface area contributed by atoms with Crippen molar-refractivity contribution in [3.05, 3.63) is 167 Å². The monoisotopic (exact) mass is 857 g/mol. The molecule has 0 aliphatic carbocycles. The van der Waals surface area contributed by atoms with Crippen molar-refractivity contribution < 1.29 is 92.3 Å². The predicted molar refractivity (Wildman–Crippen MR) is 170 cm³/mol. The van der Waals surface area contributed by atoms with Gasteiger partial charge in [0.25, 0.3) is 0 Å². The summed E-state index contributed by atoms with van der Waals surface area (Å²) >= 11 is 0. The van der Waals surface area contributed by atoms with Crippen LogP contribution in [0.2, 0.25) is 0 Å². The van der Waals surface area contributed by atoms with Crippen LogP contribution < -0.4 is 21.9 Å². The van der Waals surface area contributed by atoms with Gasteiger partial charge in [-0.2, -0.15) is 0 Å². The number of nitrogens with zero attached hydrogens (tertiary/aromatic N) is 1. The fraction of sp³-hybridized carbons (Fsp3) is 0.111. The smallest absolute Gasteiger partial charge is 0.200 e. The van der Waals surface area contributed by atoms with Gasteiger partial charge in [-0.1, -0.05) is 26.3 Å². The fourth-order valence-corrected chi connectivity index (χ4v) is 6.42. The zero-order chi connectivity index (χ0) is 44.5. The third kappa shape index (κ3) is 7.25.